The van der Waals surface area contributed by atoms with Crippen molar-refractivity contribution in [1.29, 1.82) is 0 Å². The van der Waals surface area contributed by atoms with Crippen molar-refractivity contribution in [3.05, 3.63) is 114 Å². The summed E-state index contributed by atoms with van der Waals surface area (Å²) in [5.41, 5.74) is 6.49. The zero-order valence-corrected chi connectivity index (χ0v) is 21.9. The highest BCUT2D eigenvalue weighted by molar-refractivity contribution is 6.01. The van der Waals surface area contributed by atoms with Crippen LogP contribution in [0.4, 0.5) is 11.5 Å². The van der Waals surface area contributed by atoms with Gasteiger partial charge in [0.2, 0.25) is 0 Å². The maximum absolute atomic E-state index is 5.06. The number of hydrogen-bond donors (Lipinski definition) is 0. The SMILES string of the molecule is C(=Cc1ccc(N2CCCCC2)cc1)C1=NN(c2ccc3ccccc3n2)C(c2ccc3ccccc3n2)C1. The van der Waals surface area contributed by atoms with E-state index < -0.39 is 0 Å². The summed E-state index contributed by atoms with van der Waals surface area (Å²) in [5, 5.41) is 9.37. The molecule has 0 spiro atoms. The van der Waals surface area contributed by atoms with Crippen molar-refractivity contribution >= 4 is 45.1 Å². The molecule has 7 rings (SSSR count). The summed E-state index contributed by atoms with van der Waals surface area (Å²) in [6, 6.07) is 33.8. The summed E-state index contributed by atoms with van der Waals surface area (Å²) in [6.07, 6.45) is 9.00. The van der Waals surface area contributed by atoms with Gasteiger partial charge in [-0.1, -0.05) is 60.7 Å². The normalized spacial score (nSPS) is 17.8. The van der Waals surface area contributed by atoms with Crippen LogP contribution in [0, 0.1) is 0 Å². The fourth-order valence-electron chi connectivity index (χ4n) is 5.67. The lowest BCUT2D eigenvalue weighted by atomic mass is 10.0. The van der Waals surface area contributed by atoms with Crippen molar-refractivity contribution in [1.82, 2.24) is 9.97 Å². The Morgan fingerprint density at radius 1 is 0.641 bits per heavy atom. The number of rotatable bonds is 5. The fourth-order valence-corrected chi connectivity index (χ4v) is 5.67. The first kappa shape index (κ1) is 23.6. The maximum atomic E-state index is 5.06. The van der Waals surface area contributed by atoms with Gasteiger partial charge >= 0.3 is 0 Å². The van der Waals surface area contributed by atoms with Crippen LogP contribution < -0.4 is 9.91 Å². The molecule has 0 N–H and O–H groups in total. The van der Waals surface area contributed by atoms with E-state index in [0.717, 1.165) is 58.5 Å². The van der Waals surface area contributed by atoms with Gasteiger partial charge in [-0.15, -0.1) is 0 Å². The van der Waals surface area contributed by atoms with E-state index in [4.69, 9.17) is 15.1 Å². The van der Waals surface area contributed by atoms with E-state index in [0.29, 0.717) is 0 Å². The Hall–Kier alpha value is -4.51. The lowest BCUT2D eigenvalue weighted by Crippen LogP contribution is -2.29. The Kier molecular flexibility index (Phi) is 6.25. The van der Waals surface area contributed by atoms with Gasteiger partial charge in [0.15, 0.2) is 0 Å². The summed E-state index contributed by atoms with van der Waals surface area (Å²) >= 11 is 0. The highest BCUT2D eigenvalue weighted by Gasteiger charge is 2.30. The number of benzene rings is 3. The Morgan fingerprint density at radius 3 is 2.10 bits per heavy atom. The molecule has 1 saturated heterocycles. The minimum absolute atomic E-state index is 0.0237. The first-order valence-electron chi connectivity index (χ1n) is 13.9. The number of hydrazone groups is 1. The van der Waals surface area contributed by atoms with Crippen LogP contribution in [0.1, 0.15) is 43.0 Å². The molecule has 0 radical (unpaired) electrons. The van der Waals surface area contributed by atoms with Crippen LogP contribution in [0.15, 0.2) is 108 Å². The maximum Gasteiger partial charge on any atom is 0.150 e. The number of nitrogens with zero attached hydrogens (tertiary/aromatic N) is 5. The minimum Gasteiger partial charge on any atom is -0.372 e. The number of pyridine rings is 2. The largest absolute Gasteiger partial charge is 0.372 e. The number of allylic oxidation sites excluding steroid dienone is 1. The summed E-state index contributed by atoms with van der Waals surface area (Å²) in [5.74, 6) is 0.836. The molecule has 0 bridgehead atoms. The van der Waals surface area contributed by atoms with E-state index in [-0.39, 0.29) is 6.04 Å². The van der Waals surface area contributed by atoms with Crippen molar-refractivity contribution in [3.63, 3.8) is 0 Å². The molecule has 39 heavy (non-hydrogen) atoms. The third kappa shape index (κ3) is 4.88. The smallest absolute Gasteiger partial charge is 0.150 e. The quantitative estimate of drug-likeness (QED) is 0.243. The molecule has 2 aliphatic rings. The first-order chi connectivity index (χ1) is 19.3. The minimum atomic E-state index is -0.0237. The second-order valence-corrected chi connectivity index (χ2v) is 10.4. The Balaban J connectivity index is 1.19. The fraction of sp³-hybridized carbons (Fsp3) is 0.206. The summed E-state index contributed by atoms with van der Waals surface area (Å²) in [7, 11) is 0. The topological polar surface area (TPSA) is 44.6 Å². The van der Waals surface area contributed by atoms with E-state index in [1.807, 2.05) is 23.2 Å². The second-order valence-electron chi connectivity index (χ2n) is 10.4. The molecule has 2 aliphatic heterocycles. The predicted octanol–water partition coefficient (Wildman–Crippen LogP) is 7.79. The van der Waals surface area contributed by atoms with E-state index in [1.54, 1.807) is 0 Å². The van der Waals surface area contributed by atoms with E-state index in [9.17, 15) is 0 Å². The molecule has 5 heteroatoms. The van der Waals surface area contributed by atoms with E-state index in [2.05, 4.69) is 95.9 Å². The van der Waals surface area contributed by atoms with Gasteiger partial charge in [0.05, 0.1) is 22.4 Å². The van der Waals surface area contributed by atoms with Crippen LogP contribution >= 0.6 is 0 Å². The lowest BCUT2D eigenvalue weighted by molar-refractivity contribution is 0.578. The Labute approximate surface area is 229 Å². The van der Waals surface area contributed by atoms with Gasteiger partial charge in [0, 0.05) is 36.0 Å². The zero-order chi connectivity index (χ0) is 26.0. The van der Waals surface area contributed by atoms with Gasteiger partial charge in [-0.25, -0.2) is 9.99 Å². The van der Waals surface area contributed by atoms with E-state index >= 15 is 0 Å². The van der Waals surface area contributed by atoms with Gasteiger partial charge in [0.1, 0.15) is 11.9 Å². The summed E-state index contributed by atoms with van der Waals surface area (Å²) in [4.78, 5) is 12.5. The molecule has 0 aliphatic carbocycles. The van der Waals surface area contributed by atoms with Crippen molar-refractivity contribution in [2.75, 3.05) is 23.0 Å². The first-order valence-corrected chi connectivity index (χ1v) is 13.9. The van der Waals surface area contributed by atoms with Crippen LogP contribution in [0.25, 0.3) is 27.9 Å². The second kappa shape index (κ2) is 10.3. The van der Waals surface area contributed by atoms with Crippen molar-refractivity contribution in [3.8, 4) is 0 Å². The number of anilines is 2. The average molecular weight is 510 g/mol. The van der Waals surface area contributed by atoms with Gasteiger partial charge < -0.3 is 4.90 Å². The molecule has 5 nitrogen and oxygen atoms in total. The lowest BCUT2D eigenvalue weighted by Gasteiger charge is -2.28. The van der Waals surface area contributed by atoms with Crippen LogP contribution in [-0.4, -0.2) is 28.8 Å². The Bertz CT molecular complexity index is 1680. The number of piperidine rings is 1. The van der Waals surface area contributed by atoms with Gasteiger partial charge in [0.25, 0.3) is 0 Å². The van der Waals surface area contributed by atoms with E-state index in [1.165, 1.54) is 30.5 Å². The molecule has 1 atom stereocenters. The molecule has 1 fully saturated rings. The molecule has 0 amide bonds. The number of para-hydroxylation sites is 2. The third-order valence-corrected chi connectivity index (χ3v) is 7.80. The van der Waals surface area contributed by atoms with Gasteiger partial charge in [-0.05, 0) is 73.4 Å². The molecule has 192 valence electrons. The number of fused-ring (bicyclic) bond motifs is 2. The van der Waals surface area contributed by atoms with Crippen LogP contribution in [-0.2, 0) is 0 Å². The summed E-state index contributed by atoms with van der Waals surface area (Å²) in [6.45, 7) is 2.32. The standard InChI is InChI=1S/C34H31N5/c1-6-22-38(23-7-1)29-18-13-25(14-19-29)12-17-28-24-33(32-20-15-26-8-2-4-10-30(26)35-32)39(37-28)34-21-16-27-9-3-5-11-31(27)36-34/h2-5,8-21,33H,1,6-7,22-24H2. The van der Waals surface area contributed by atoms with Crippen LogP contribution in [0.3, 0.4) is 0 Å². The molecular weight excluding hydrogens is 478 g/mol. The molecule has 3 aromatic carbocycles. The molecule has 1 unspecified atom stereocenters. The zero-order valence-electron chi connectivity index (χ0n) is 21.9. The molecule has 5 aromatic rings. The summed E-state index contributed by atoms with van der Waals surface area (Å²) < 4.78 is 0. The molecular formula is C34H31N5. The van der Waals surface area contributed by atoms with Crippen molar-refractivity contribution in [2.45, 2.75) is 31.7 Å². The Morgan fingerprint density at radius 2 is 1.33 bits per heavy atom. The molecule has 0 saturated carbocycles. The van der Waals surface area contributed by atoms with Crippen LogP contribution in [0.2, 0.25) is 0 Å². The third-order valence-electron chi connectivity index (χ3n) is 7.80. The number of aromatic nitrogens is 2. The average Bonchev–Trinajstić information content (AvgIpc) is 3.45. The highest BCUT2D eigenvalue weighted by Crippen LogP contribution is 2.35. The van der Waals surface area contributed by atoms with Gasteiger partial charge in [-0.3, -0.25) is 4.98 Å². The van der Waals surface area contributed by atoms with Crippen molar-refractivity contribution in [2.24, 2.45) is 5.10 Å². The van der Waals surface area contributed by atoms with Crippen molar-refractivity contribution < 1.29 is 0 Å². The molecule has 4 heterocycles. The monoisotopic (exact) mass is 509 g/mol. The van der Waals surface area contributed by atoms with Crippen LogP contribution in [0.5, 0.6) is 0 Å². The predicted molar refractivity (Wildman–Crippen MR) is 162 cm³/mol. The number of hydrogen-bond acceptors (Lipinski definition) is 5. The van der Waals surface area contributed by atoms with Gasteiger partial charge in [-0.2, -0.15) is 5.10 Å². The highest BCUT2D eigenvalue weighted by atomic mass is 15.5. The molecule has 2 aromatic heterocycles.